The predicted molar refractivity (Wildman–Crippen MR) is 88.9 cm³/mol. The second kappa shape index (κ2) is 7.99. The number of nitrogens with two attached hydrogens (primary N) is 1. The van der Waals surface area contributed by atoms with E-state index in [4.69, 9.17) is 10.2 Å². The molecule has 1 aliphatic rings. The number of aryl methyl sites for hydroxylation is 2. The van der Waals surface area contributed by atoms with Gasteiger partial charge in [0, 0.05) is 26.1 Å². The fourth-order valence-electron chi connectivity index (χ4n) is 2.88. The number of aliphatic imine (C=N–C) groups is 1. The number of piperidine rings is 1. The third-order valence-electron chi connectivity index (χ3n) is 4.08. The highest BCUT2D eigenvalue weighted by molar-refractivity contribution is 5.80. The summed E-state index contributed by atoms with van der Waals surface area (Å²) in [5.41, 5.74) is 6.23. The lowest BCUT2D eigenvalue weighted by Gasteiger charge is -2.34. The highest BCUT2D eigenvalue weighted by atomic mass is 16.4. The Morgan fingerprint density at radius 2 is 2.30 bits per heavy atom. The van der Waals surface area contributed by atoms with Gasteiger partial charge in [-0.25, -0.2) is 9.98 Å². The summed E-state index contributed by atoms with van der Waals surface area (Å²) < 4.78 is 5.58. The van der Waals surface area contributed by atoms with Crippen molar-refractivity contribution in [1.82, 2.24) is 15.2 Å². The van der Waals surface area contributed by atoms with Crippen molar-refractivity contribution in [3.8, 4) is 0 Å². The van der Waals surface area contributed by atoms with Crippen molar-refractivity contribution in [2.75, 3.05) is 19.6 Å². The van der Waals surface area contributed by atoms with Gasteiger partial charge in [0.2, 0.25) is 11.8 Å². The van der Waals surface area contributed by atoms with Crippen LogP contribution in [0, 0.1) is 19.8 Å². The molecule has 0 bridgehead atoms. The Morgan fingerprint density at radius 1 is 1.52 bits per heavy atom. The lowest BCUT2D eigenvalue weighted by Crippen LogP contribution is -2.47. The van der Waals surface area contributed by atoms with E-state index in [1.54, 1.807) is 0 Å². The van der Waals surface area contributed by atoms with Crippen LogP contribution < -0.4 is 11.1 Å². The summed E-state index contributed by atoms with van der Waals surface area (Å²) in [5, 5.41) is 3.31. The minimum atomic E-state index is -0.232. The molecule has 1 aromatic rings. The molecule has 0 saturated carbocycles. The van der Waals surface area contributed by atoms with Gasteiger partial charge in [0.15, 0.2) is 5.96 Å². The summed E-state index contributed by atoms with van der Waals surface area (Å²) in [6.07, 6.45) is 2.52. The molecule has 1 amide bonds. The third-order valence-corrected chi connectivity index (χ3v) is 4.08. The Balaban J connectivity index is 2.04. The number of nitrogens with zero attached hydrogens (tertiary/aromatic N) is 3. The van der Waals surface area contributed by atoms with Crippen LogP contribution in [0.2, 0.25) is 0 Å². The van der Waals surface area contributed by atoms with E-state index in [-0.39, 0.29) is 5.91 Å². The van der Waals surface area contributed by atoms with Gasteiger partial charge in [0.25, 0.3) is 0 Å². The third kappa shape index (κ3) is 4.97. The van der Waals surface area contributed by atoms with Crippen LogP contribution in [0.1, 0.15) is 43.5 Å². The molecule has 7 nitrogen and oxygen atoms in total. The first-order valence-electron chi connectivity index (χ1n) is 8.24. The molecular weight excluding hydrogens is 294 g/mol. The van der Waals surface area contributed by atoms with E-state index in [9.17, 15) is 4.79 Å². The first-order valence-corrected chi connectivity index (χ1v) is 8.24. The minimum absolute atomic E-state index is 0.232. The van der Waals surface area contributed by atoms with Crippen molar-refractivity contribution in [3.05, 3.63) is 17.3 Å². The molecule has 128 valence electrons. The topological polar surface area (TPSA) is 96.8 Å². The smallest absolute Gasteiger partial charge is 0.217 e. The number of carbonyl (C=O) groups excluding carboxylic acids is 1. The number of primary amides is 1. The zero-order valence-electron chi connectivity index (χ0n) is 14.3. The quantitative estimate of drug-likeness (QED) is 0.630. The van der Waals surface area contributed by atoms with Crippen molar-refractivity contribution >= 4 is 11.9 Å². The van der Waals surface area contributed by atoms with Gasteiger partial charge in [0.05, 0.1) is 5.69 Å². The maximum absolute atomic E-state index is 11.2. The number of guanidine groups is 1. The summed E-state index contributed by atoms with van der Waals surface area (Å²) in [6, 6.07) is 0. The second-order valence-corrected chi connectivity index (χ2v) is 6.04. The molecule has 0 radical (unpaired) electrons. The molecule has 1 aromatic heterocycles. The number of nitrogens with one attached hydrogen (secondary N) is 1. The van der Waals surface area contributed by atoms with Gasteiger partial charge in [0.1, 0.15) is 12.3 Å². The van der Waals surface area contributed by atoms with Crippen LogP contribution in [0.3, 0.4) is 0 Å². The maximum Gasteiger partial charge on any atom is 0.217 e. The molecule has 1 saturated heterocycles. The molecule has 0 aromatic carbocycles. The van der Waals surface area contributed by atoms with Crippen molar-refractivity contribution in [2.24, 2.45) is 16.6 Å². The van der Waals surface area contributed by atoms with Crippen molar-refractivity contribution in [2.45, 2.75) is 46.6 Å². The van der Waals surface area contributed by atoms with Gasteiger partial charge in [-0.3, -0.25) is 4.79 Å². The average molecular weight is 321 g/mol. The molecule has 7 heteroatoms. The maximum atomic E-state index is 11.2. The Morgan fingerprint density at radius 3 is 2.91 bits per heavy atom. The van der Waals surface area contributed by atoms with Crippen LogP contribution >= 0.6 is 0 Å². The molecule has 2 heterocycles. The number of oxazole rings is 1. The van der Waals surface area contributed by atoms with Crippen LogP contribution in [0.5, 0.6) is 0 Å². The summed E-state index contributed by atoms with van der Waals surface area (Å²) in [4.78, 5) is 22.3. The van der Waals surface area contributed by atoms with E-state index in [1.165, 1.54) is 0 Å². The van der Waals surface area contributed by atoms with E-state index < -0.39 is 0 Å². The minimum Gasteiger partial charge on any atom is -0.444 e. The van der Waals surface area contributed by atoms with Gasteiger partial charge in [-0.1, -0.05) is 0 Å². The monoisotopic (exact) mass is 321 g/mol. The van der Waals surface area contributed by atoms with E-state index in [2.05, 4.69) is 20.2 Å². The van der Waals surface area contributed by atoms with E-state index in [1.807, 2.05) is 20.8 Å². The Hall–Kier alpha value is -2.05. The SMILES string of the molecule is CCNC(=NCc1nc(C)c(C)o1)N1CCCC(CC(N)=O)C1. The molecular formula is C16H27N5O2. The van der Waals surface area contributed by atoms with Crippen LogP contribution in [0.15, 0.2) is 9.41 Å². The fraction of sp³-hybridized carbons (Fsp3) is 0.688. The van der Waals surface area contributed by atoms with E-state index in [0.717, 1.165) is 49.9 Å². The first-order chi connectivity index (χ1) is 11.0. The second-order valence-electron chi connectivity index (χ2n) is 6.04. The Labute approximate surface area is 137 Å². The molecule has 1 atom stereocenters. The van der Waals surface area contributed by atoms with Crippen LogP contribution in [0.4, 0.5) is 0 Å². The van der Waals surface area contributed by atoms with Gasteiger partial charge in [-0.05, 0) is 39.5 Å². The molecule has 0 spiro atoms. The van der Waals surface area contributed by atoms with Gasteiger partial charge in [-0.2, -0.15) is 0 Å². The lowest BCUT2D eigenvalue weighted by atomic mass is 9.95. The largest absolute Gasteiger partial charge is 0.444 e. The molecule has 3 N–H and O–H groups in total. The average Bonchev–Trinajstić information content (AvgIpc) is 2.82. The fourth-order valence-corrected chi connectivity index (χ4v) is 2.88. The molecule has 1 aliphatic heterocycles. The zero-order valence-corrected chi connectivity index (χ0v) is 14.3. The van der Waals surface area contributed by atoms with Gasteiger partial charge in [-0.15, -0.1) is 0 Å². The number of rotatable bonds is 5. The summed E-state index contributed by atoms with van der Waals surface area (Å²) in [5.74, 6) is 2.37. The van der Waals surface area contributed by atoms with E-state index in [0.29, 0.717) is 24.8 Å². The van der Waals surface area contributed by atoms with Crippen molar-refractivity contribution in [1.29, 1.82) is 0 Å². The summed E-state index contributed by atoms with van der Waals surface area (Å²) in [7, 11) is 0. The summed E-state index contributed by atoms with van der Waals surface area (Å²) in [6.45, 7) is 8.81. The predicted octanol–water partition coefficient (Wildman–Crippen LogP) is 1.34. The zero-order chi connectivity index (χ0) is 16.8. The lowest BCUT2D eigenvalue weighted by molar-refractivity contribution is -0.119. The van der Waals surface area contributed by atoms with Crippen molar-refractivity contribution < 1.29 is 9.21 Å². The molecule has 23 heavy (non-hydrogen) atoms. The number of hydrogen-bond donors (Lipinski definition) is 2. The summed E-state index contributed by atoms with van der Waals surface area (Å²) >= 11 is 0. The van der Waals surface area contributed by atoms with Crippen molar-refractivity contribution in [3.63, 3.8) is 0 Å². The molecule has 1 unspecified atom stereocenters. The normalized spacial score (nSPS) is 19.0. The molecule has 1 fully saturated rings. The van der Waals surface area contributed by atoms with Crippen LogP contribution in [-0.4, -0.2) is 41.4 Å². The standard InChI is InChI=1S/C16H27N5O2/c1-4-18-16(19-9-15-20-11(2)12(3)23-15)21-7-5-6-13(10-21)8-14(17)22/h13H,4-10H2,1-3H3,(H2,17,22)(H,18,19). The molecule has 0 aliphatic carbocycles. The van der Waals surface area contributed by atoms with Crippen LogP contribution in [-0.2, 0) is 11.3 Å². The number of aromatic nitrogens is 1. The van der Waals surface area contributed by atoms with Crippen LogP contribution in [0.25, 0.3) is 0 Å². The highest BCUT2D eigenvalue weighted by Crippen LogP contribution is 2.19. The number of amides is 1. The Kier molecular flexibility index (Phi) is 6.01. The molecule has 2 rings (SSSR count). The Bertz CT molecular complexity index is 547. The van der Waals surface area contributed by atoms with Gasteiger partial charge >= 0.3 is 0 Å². The number of hydrogen-bond acceptors (Lipinski definition) is 4. The number of likely N-dealkylation sites (tertiary alicyclic amines) is 1. The highest BCUT2D eigenvalue weighted by Gasteiger charge is 2.23. The van der Waals surface area contributed by atoms with E-state index >= 15 is 0 Å². The number of carbonyl (C=O) groups is 1. The first kappa shape index (κ1) is 17.3. The van der Waals surface area contributed by atoms with Gasteiger partial charge < -0.3 is 20.4 Å².